The first-order valence-electron chi connectivity index (χ1n) is 24.3. The standard InChI is InChI=1S/C48H79N7O12/c1-11-39-48(8,60)43(58)31(4)40(51-67-37-16-14-22-49-27-37)29(2)26-47(7,63-10)44(32(5)41(56)33(6)45(59)65-39)66-46-42(57)38(25-30(3)64-46)53(9)24-21-35-28-54(52-50-35)23-13-12-15-34-17-19-36(20-18-34)55(61)62/h17-20,28-33,37-40,42-44,46,49,51,57-58,60H,11-16,21-27H2,1-10H3/t29-,30-,31-,32+,33-,37-,38+,39-,40-,42-,43+,44-,46+,47-,48+/m1/s1. The van der Waals surface area contributed by atoms with E-state index in [0.29, 0.717) is 32.5 Å². The second-order valence-electron chi connectivity index (χ2n) is 20.0. The number of aryl methyl sites for hydroxylation is 2. The van der Waals surface area contributed by atoms with Gasteiger partial charge in [-0.05, 0) is 104 Å². The first kappa shape index (κ1) is 54.4. The third kappa shape index (κ3) is 13.9. The fraction of sp³-hybridized carbons (Fsp3) is 0.792. The van der Waals surface area contributed by atoms with Gasteiger partial charge in [0.25, 0.3) is 5.69 Å². The molecule has 2 aromatic rings. The number of aliphatic hydroxyl groups is 3. The number of esters is 1. The maximum absolute atomic E-state index is 14.4. The molecule has 3 fully saturated rings. The molecule has 19 nitrogen and oxygen atoms in total. The van der Waals surface area contributed by atoms with Gasteiger partial charge < -0.3 is 44.5 Å². The largest absolute Gasteiger partial charge is 0.459 e. The number of hydrogen-bond donors (Lipinski definition) is 5. The normalized spacial score (nSPS) is 36.1. The molecule has 4 heterocycles. The number of Topliss-reactive ketones (excluding diaryl/α,β-unsaturated/α-hetero) is 1. The molecular formula is C48H79N7O12. The maximum atomic E-state index is 14.4. The Bertz CT molecular complexity index is 1880. The summed E-state index contributed by atoms with van der Waals surface area (Å²) in [7, 11) is 3.47. The summed E-state index contributed by atoms with van der Waals surface area (Å²) in [5.74, 6) is -4.49. The highest BCUT2D eigenvalue weighted by atomic mass is 16.7. The van der Waals surface area contributed by atoms with Crippen LogP contribution in [0.2, 0.25) is 0 Å². The van der Waals surface area contributed by atoms with E-state index in [0.717, 1.165) is 49.9 Å². The number of hydroxylamine groups is 1. The number of likely N-dealkylation sites (N-methyl/N-ethyl adjacent to an activating group) is 1. The molecule has 3 aliphatic rings. The van der Waals surface area contributed by atoms with Gasteiger partial charge in [-0.25, -0.2) is 0 Å². The monoisotopic (exact) mass is 946 g/mol. The summed E-state index contributed by atoms with van der Waals surface area (Å²) in [6.07, 6.45) is 1.47. The number of carbonyl (C=O) groups is 2. The molecule has 0 spiro atoms. The number of ether oxygens (including phenoxy) is 4. The Labute approximate surface area is 396 Å². The Morgan fingerprint density at radius 3 is 2.45 bits per heavy atom. The molecule has 15 atom stereocenters. The van der Waals surface area contributed by atoms with Gasteiger partial charge >= 0.3 is 5.97 Å². The van der Waals surface area contributed by atoms with Crippen LogP contribution in [-0.2, 0) is 52.8 Å². The third-order valence-corrected chi connectivity index (χ3v) is 14.7. The Morgan fingerprint density at radius 2 is 1.81 bits per heavy atom. The number of aliphatic hydroxyl groups excluding tert-OH is 2. The Balaban J connectivity index is 1.31. The van der Waals surface area contributed by atoms with E-state index in [1.807, 2.05) is 45.6 Å². The number of nitrogens with zero attached hydrogens (tertiary/aromatic N) is 5. The summed E-state index contributed by atoms with van der Waals surface area (Å²) in [5.41, 5.74) is 2.09. The Kier molecular flexibility index (Phi) is 19.8. The number of piperidine rings is 1. The molecule has 378 valence electrons. The number of rotatable bonds is 17. The predicted octanol–water partition coefficient (Wildman–Crippen LogP) is 3.93. The number of nitro benzene ring substituents is 1. The van der Waals surface area contributed by atoms with Gasteiger partial charge in [0, 0.05) is 75.4 Å². The van der Waals surface area contributed by atoms with E-state index in [1.165, 1.54) is 33.1 Å². The van der Waals surface area contributed by atoms with Gasteiger partial charge in [-0.1, -0.05) is 45.0 Å². The lowest BCUT2D eigenvalue weighted by molar-refractivity contribution is -0.384. The van der Waals surface area contributed by atoms with E-state index in [-0.39, 0.29) is 36.7 Å². The Hall–Kier alpha value is -3.50. The van der Waals surface area contributed by atoms with Crippen molar-refractivity contribution in [1.82, 2.24) is 30.7 Å². The summed E-state index contributed by atoms with van der Waals surface area (Å²) in [4.78, 5) is 47.1. The van der Waals surface area contributed by atoms with Crippen LogP contribution >= 0.6 is 0 Å². The van der Waals surface area contributed by atoms with Crippen molar-refractivity contribution in [2.24, 2.45) is 23.7 Å². The molecule has 3 saturated heterocycles. The van der Waals surface area contributed by atoms with E-state index in [1.54, 1.807) is 26.0 Å². The number of ketones is 1. The highest BCUT2D eigenvalue weighted by Crippen LogP contribution is 2.39. The van der Waals surface area contributed by atoms with Crippen LogP contribution in [0.25, 0.3) is 0 Å². The lowest BCUT2D eigenvalue weighted by atomic mass is 9.72. The fourth-order valence-corrected chi connectivity index (χ4v) is 10.3. The summed E-state index contributed by atoms with van der Waals surface area (Å²) in [6.45, 7) is 16.7. The Morgan fingerprint density at radius 1 is 1.09 bits per heavy atom. The van der Waals surface area contributed by atoms with Crippen LogP contribution in [0.3, 0.4) is 0 Å². The zero-order valence-electron chi connectivity index (χ0n) is 41.3. The second kappa shape index (κ2) is 24.4. The number of nitro groups is 1. The van der Waals surface area contributed by atoms with Crippen LogP contribution in [0.4, 0.5) is 5.69 Å². The van der Waals surface area contributed by atoms with Crippen molar-refractivity contribution in [3.8, 4) is 0 Å². The number of methoxy groups -OCH3 is 1. The molecule has 67 heavy (non-hydrogen) atoms. The van der Waals surface area contributed by atoms with Gasteiger partial charge in [-0.3, -0.25) is 29.2 Å². The van der Waals surface area contributed by atoms with Crippen molar-refractivity contribution in [1.29, 1.82) is 0 Å². The average molecular weight is 946 g/mol. The van der Waals surface area contributed by atoms with Gasteiger partial charge in [0.2, 0.25) is 0 Å². The number of carbonyl (C=O) groups excluding carboxylic acids is 2. The topological polar surface area (TPSA) is 242 Å². The highest BCUT2D eigenvalue weighted by Gasteiger charge is 2.52. The van der Waals surface area contributed by atoms with Crippen LogP contribution in [0, 0.1) is 33.8 Å². The second-order valence-corrected chi connectivity index (χ2v) is 20.0. The average Bonchev–Trinajstić information content (AvgIpc) is 3.77. The van der Waals surface area contributed by atoms with E-state index in [4.69, 9.17) is 23.8 Å². The minimum Gasteiger partial charge on any atom is -0.459 e. The summed E-state index contributed by atoms with van der Waals surface area (Å²) < 4.78 is 27.2. The summed E-state index contributed by atoms with van der Waals surface area (Å²) in [6, 6.07) is 5.67. The molecule has 0 aliphatic carbocycles. The van der Waals surface area contributed by atoms with Gasteiger partial charge in [0.1, 0.15) is 23.7 Å². The molecule has 5 rings (SSSR count). The van der Waals surface area contributed by atoms with E-state index in [2.05, 4.69) is 26.0 Å². The van der Waals surface area contributed by atoms with Crippen LogP contribution < -0.4 is 10.8 Å². The number of benzene rings is 1. The molecule has 0 bridgehead atoms. The number of nitrogens with one attached hydrogen (secondary N) is 2. The molecule has 0 unspecified atom stereocenters. The number of aromatic nitrogens is 3. The lowest BCUT2D eigenvalue weighted by Crippen LogP contribution is -2.61. The molecule has 1 aromatic carbocycles. The van der Waals surface area contributed by atoms with Gasteiger partial charge in [0.15, 0.2) is 12.1 Å². The molecule has 5 N–H and O–H groups in total. The minimum atomic E-state index is -1.88. The lowest BCUT2D eigenvalue weighted by Gasteiger charge is -2.48. The number of cyclic esters (lactones) is 1. The first-order chi connectivity index (χ1) is 31.7. The molecule has 19 heteroatoms. The smallest absolute Gasteiger partial charge is 0.316 e. The fourth-order valence-electron chi connectivity index (χ4n) is 10.3. The zero-order valence-corrected chi connectivity index (χ0v) is 41.3. The van der Waals surface area contributed by atoms with Crippen LogP contribution in [0.15, 0.2) is 30.5 Å². The first-order valence-corrected chi connectivity index (χ1v) is 24.3. The maximum Gasteiger partial charge on any atom is 0.316 e. The van der Waals surface area contributed by atoms with Crippen molar-refractivity contribution >= 4 is 17.4 Å². The molecule has 0 radical (unpaired) electrons. The van der Waals surface area contributed by atoms with E-state index >= 15 is 0 Å². The van der Waals surface area contributed by atoms with Crippen molar-refractivity contribution in [3.05, 3.63) is 51.8 Å². The quantitative estimate of drug-likeness (QED) is 0.0496. The van der Waals surface area contributed by atoms with Crippen LogP contribution in [-0.4, -0.2) is 152 Å². The number of unbranched alkanes of at least 4 members (excludes halogenated alkanes) is 1. The minimum absolute atomic E-state index is 0.0790. The third-order valence-electron chi connectivity index (χ3n) is 14.7. The van der Waals surface area contributed by atoms with E-state index in [9.17, 15) is 35.0 Å². The predicted molar refractivity (Wildman–Crippen MR) is 248 cm³/mol. The number of non-ortho nitro benzene ring substituents is 1. The summed E-state index contributed by atoms with van der Waals surface area (Å²) in [5, 5.41) is 58.9. The zero-order chi connectivity index (χ0) is 49.2. The van der Waals surface area contributed by atoms with Gasteiger partial charge in [-0.15, -0.1) is 5.10 Å². The molecule has 3 aliphatic heterocycles. The van der Waals surface area contributed by atoms with E-state index < -0.39 is 88.4 Å². The molecular weight excluding hydrogens is 867 g/mol. The van der Waals surface area contributed by atoms with Crippen LogP contribution in [0.5, 0.6) is 0 Å². The van der Waals surface area contributed by atoms with Gasteiger partial charge in [0.05, 0.1) is 40.6 Å². The van der Waals surface area contributed by atoms with Crippen molar-refractivity contribution in [3.63, 3.8) is 0 Å². The number of hydrogen-bond acceptors (Lipinski definition) is 17. The van der Waals surface area contributed by atoms with Crippen LogP contribution in [0.1, 0.15) is 112 Å². The molecule has 1 aromatic heterocycles. The summed E-state index contributed by atoms with van der Waals surface area (Å²) >= 11 is 0. The molecule has 0 saturated carbocycles. The van der Waals surface area contributed by atoms with Crippen molar-refractivity contribution in [2.45, 2.75) is 186 Å². The highest BCUT2D eigenvalue weighted by molar-refractivity contribution is 6.00. The van der Waals surface area contributed by atoms with Crippen molar-refractivity contribution in [2.75, 3.05) is 33.8 Å². The van der Waals surface area contributed by atoms with Crippen molar-refractivity contribution < 1.29 is 53.6 Å². The molecule has 0 amide bonds. The van der Waals surface area contributed by atoms with Gasteiger partial charge in [-0.2, -0.15) is 5.48 Å². The SMILES string of the molecule is CC[C@H]1OC(=O)[C@H](C)C(=O)[C@H](C)[C@@H](O[C@@H]2O[C@H](C)C[C@H](N(C)CCc3cn(CCCCc4ccc([N+](=O)[O-])cc4)nn3)[C@H]2O)[C@](C)(OC)C[C@@H](C)[C@@H](NO[C@@H]2CCCNC2)[C@@H](C)[C@H](O)[C@@]1(C)O.